The summed E-state index contributed by atoms with van der Waals surface area (Å²) in [7, 11) is 0. The monoisotopic (exact) mass is 198 g/mol. The van der Waals surface area contributed by atoms with Gasteiger partial charge in [0.15, 0.2) is 0 Å². The van der Waals surface area contributed by atoms with Crippen molar-refractivity contribution in [2.45, 2.75) is 52.7 Å². The lowest BCUT2D eigenvalue weighted by atomic mass is 10.1. The third-order valence-electron chi connectivity index (χ3n) is 2.95. The van der Waals surface area contributed by atoms with E-state index in [0.29, 0.717) is 24.7 Å². The lowest BCUT2D eigenvalue weighted by Crippen LogP contribution is -2.58. The minimum absolute atomic E-state index is 0.270. The van der Waals surface area contributed by atoms with Gasteiger partial charge in [0, 0.05) is 24.7 Å². The fraction of sp³-hybridized carbons (Fsp3) is 0.909. The Kier molecular flexibility index (Phi) is 3.53. The van der Waals surface area contributed by atoms with Crippen LogP contribution in [0.4, 0.5) is 0 Å². The minimum Gasteiger partial charge on any atom is -0.338 e. The van der Waals surface area contributed by atoms with E-state index in [9.17, 15) is 4.79 Å². The molecule has 0 spiro atoms. The van der Waals surface area contributed by atoms with Gasteiger partial charge < -0.3 is 4.90 Å². The summed E-state index contributed by atoms with van der Waals surface area (Å²) >= 11 is 0. The molecule has 14 heavy (non-hydrogen) atoms. The smallest absolute Gasteiger partial charge is 0.237 e. The number of hydrogen-bond acceptors (Lipinski definition) is 2. The lowest BCUT2D eigenvalue weighted by molar-refractivity contribution is -0.141. The molecule has 82 valence electrons. The highest BCUT2D eigenvalue weighted by molar-refractivity contribution is 5.79. The summed E-state index contributed by atoms with van der Waals surface area (Å²) in [6.45, 7) is 12.1. The Balaban J connectivity index is 2.67. The molecule has 0 N–H and O–H groups in total. The molecular formula is C11H22N2O. The number of carbonyl (C=O) groups excluding carboxylic acids is 1. The molecule has 1 atom stereocenters. The lowest BCUT2D eigenvalue weighted by Gasteiger charge is -2.43. The normalized spacial score (nSPS) is 25.2. The van der Waals surface area contributed by atoms with E-state index in [1.165, 1.54) is 0 Å². The molecule has 1 fully saturated rings. The molecule has 0 aromatic heterocycles. The molecule has 0 unspecified atom stereocenters. The number of carbonyl (C=O) groups is 1. The van der Waals surface area contributed by atoms with Crippen LogP contribution in [0.3, 0.4) is 0 Å². The Hall–Kier alpha value is -0.570. The first-order valence-electron chi connectivity index (χ1n) is 5.48. The first kappa shape index (κ1) is 11.5. The number of nitrogens with zero attached hydrogens (tertiary/aromatic N) is 2. The van der Waals surface area contributed by atoms with Crippen LogP contribution in [0.2, 0.25) is 0 Å². The molecule has 0 bridgehead atoms. The largest absolute Gasteiger partial charge is 0.338 e. The van der Waals surface area contributed by atoms with Crippen LogP contribution in [-0.2, 0) is 4.79 Å². The minimum atomic E-state index is 0.270. The topological polar surface area (TPSA) is 23.6 Å². The Labute approximate surface area is 87.1 Å². The van der Waals surface area contributed by atoms with Gasteiger partial charge in [0.2, 0.25) is 5.91 Å². The quantitative estimate of drug-likeness (QED) is 0.668. The number of amides is 1. The van der Waals surface area contributed by atoms with E-state index >= 15 is 0 Å². The van der Waals surface area contributed by atoms with Crippen LogP contribution >= 0.6 is 0 Å². The fourth-order valence-corrected chi connectivity index (χ4v) is 2.08. The first-order valence-corrected chi connectivity index (χ1v) is 5.48. The summed E-state index contributed by atoms with van der Waals surface area (Å²) in [5.41, 5.74) is 0. The third kappa shape index (κ3) is 2.27. The zero-order valence-electron chi connectivity index (χ0n) is 9.95. The van der Waals surface area contributed by atoms with E-state index < -0.39 is 0 Å². The fourth-order valence-electron chi connectivity index (χ4n) is 2.08. The van der Waals surface area contributed by atoms with E-state index in [0.717, 1.165) is 6.54 Å². The van der Waals surface area contributed by atoms with Gasteiger partial charge in [-0.05, 0) is 34.6 Å². The van der Waals surface area contributed by atoms with Crippen molar-refractivity contribution in [2.24, 2.45) is 0 Å². The maximum Gasteiger partial charge on any atom is 0.237 e. The van der Waals surface area contributed by atoms with Crippen molar-refractivity contribution < 1.29 is 4.79 Å². The highest BCUT2D eigenvalue weighted by Gasteiger charge is 2.31. The van der Waals surface area contributed by atoms with E-state index in [2.05, 4.69) is 39.5 Å². The second-order valence-electron chi connectivity index (χ2n) is 4.75. The predicted octanol–water partition coefficient (Wildman–Crippen LogP) is 1.34. The van der Waals surface area contributed by atoms with Gasteiger partial charge in [-0.2, -0.15) is 0 Å². The van der Waals surface area contributed by atoms with E-state index in [-0.39, 0.29) is 5.91 Å². The van der Waals surface area contributed by atoms with Crippen LogP contribution in [0.15, 0.2) is 0 Å². The van der Waals surface area contributed by atoms with Crippen molar-refractivity contribution in [3.8, 4) is 0 Å². The van der Waals surface area contributed by atoms with Crippen molar-refractivity contribution in [1.82, 2.24) is 9.80 Å². The van der Waals surface area contributed by atoms with Crippen LogP contribution in [0.25, 0.3) is 0 Å². The van der Waals surface area contributed by atoms with Crippen LogP contribution < -0.4 is 0 Å². The van der Waals surface area contributed by atoms with Crippen LogP contribution in [0.5, 0.6) is 0 Å². The molecule has 0 aromatic rings. The van der Waals surface area contributed by atoms with Crippen molar-refractivity contribution >= 4 is 5.91 Å². The van der Waals surface area contributed by atoms with Gasteiger partial charge in [0.1, 0.15) is 0 Å². The summed E-state index contributed by atoms with van der Waals surface area (Å²) in [6.07, 6.45) is 0. The predicted molar refractivity (Wildman–Crippen MR) is 58.2 cm³/mol. The standard InChI is InChI=1S/C11H22N2O/c1-8(2)12-7-11(14)13(9(3)4)6-10(12)5/h8-10H,6-7H2,1-5H3/t10-/m0/s1. The van der Waals surface area contributed by atoms with Gasteiger partial charge in [-0.1, -0.05) is 0 Å². The molecule has 3 heteroatoms. The zero-order valence-corrected chi connectivity index (χ0v) is 9.95. The molecule has 0 aromatic carbocycles. The second-order valence-corrected chi connectivity index (χ2v) is 4.75. The molecule has 0 radical (unpaired) electrons. The van der Waals surface area contributed by atoms with E-state index in [4.69, 9.17) is 0 Å². The summed E-state index contributed by atoms with van der Waals surface area (Å²) in [6, 6.07) is 1.28. The average Bonchev–Trinajstić information content (AvgIpc) is 2.07. The van der Waals surface area contributed by atoms with Crippen LogP contribution in [0, 0.1) is 0 Å². The summed E-state index contributed by atoms with van der Waals surface area (Å²) in [5, 5.41) is 0. The van der Waals surface area contributed by atoms with Gasteiger partial charge in [-0.15, -0.1) is 0 Å². The van der Waals surface area contributed by atoms with Crippen molar-refractivity contribution in [2.75, 3.05) is 13.1 Å². The Bertz CT molecular complexity index is 213. The van der Waals surface area contributed by atoms with E-state index in [1.54, 1.807) is 0 Å². The molecule has 1 aliphatic heterocycles. The zero-order chi connectivity index (χ0) is 10.9. The second kappa shape index (κ2) is 4.30. The SMILES string of the molecule is CC(C)N1C[C@H](C)N(C(C)C)CC1=O. The Morgan fingerprint density at radius 2 is 1.79 bits per heavy atom. The summed E-state index contributed by atoms with van der Waals surface area (Å²) in [5.74, 6) is 0.270. The number of hydrogen-bond donors (Lipinski definition) is 0. The molecule has 1 rings (SSSR count). The van der Waals surface area contributed by atoms with Gasteiger partial charge in [-0.3, -0.25) is 9.69 Å². The van der Waals surface area contributed by atoms with Crippen LogP contribution in [-0.4, -0.2) is 46.9 Å². The van der Waals surface area contributed by atoms with Crippen molar-refractivity contribution in [1.29, 1.82) is 0 Å². The van der Waals surface area contributed by atoms with Gasteiger partial charge in [0.05, 0.1) is 6.54 Å². The maximum atomic E-state index is 11.8. The van der Waals surface area contributed by atoms with Crippen LogP contribution in [0.1, 0.15) is 34.6 Å². The molecule has 3 nitrogen and oxygen atoms in total. The highest BCUT2D eigenvalue weighted by atomic mass is 16.2. The third-order valence-corrected chi connectivity index (χ3v) is 2.95. The molecule has 0 saturated carbocycles. The Morgan fingerprint density at radius 3 is 2.21 bits per heavy atom. The first-order chi connectivity index (χ1) is 6.43. The van der Waals surface area contributed by atoms with Gasteiger partial charge in [-0.25, -0.2) is 0 Å². The molecule has 1 aliphatic rings. The van der Waals surface area contributed by atoms with Crippen molar-refractivity contribution in [3.05, 3.63) is 0 Å². The molecule has 0 aliphatic carbocycles. The average molecular weight is 198 g/mol. The molecule has 1 amide bonds. The van der Waals surface area contributed by atoms with Crippen molar-refractivity contribution in [3.63, 3.8) is 0 Å². The Morgan fingerprint density at radius 1 is 1.21 bits per heavy atom. The number of rotatable bonds is 2. The summed E-state index contributed by atoms with van der Waals surface area (Å²) in [4.78, 5) is 16.0. The highest BCUT2D eigenvalue weighted by Crippen LogP contribution is 2.15. The van der Waals surface area contributed by atoms with Gasteiger partial charge >= 0.3 is 0 Å². The molecule has 1 heterocycles. The number of piperazine rings is 1. The van der Waals surface area contributed by atoms with E-state index in [1.807, 2.05) is 4.90 Å². The maximum absolute atomic E-state index is 11.8. The molecule has 1 saturated heterocycles. The summed E-state index contributed by atoms with van der Waals surface area (Å²) < 4.78 is 0. The molecular weight excluding hydrogens is 176 g/mol. The van der Waals surface area contributed by atoms with Gasteiger partial charge in [0.25, 0.3) is 0 Å².